The highest BCUT2D eigenvalue weighted by molar-refractivity contribution is 6.07. The molecule has 2 aromatic carbocycles. The summed E-state index contributed by atoms with van der Waals surface area (Å²) < 4.78 is 7.32. The molecule has 134 valence electrons. The summed E-state index contributed by atoms with van der Waals surface area (Å²) in [7, 11) is 1.87. The van der Waals surface area contributed by atoms with Crippen molar-refractivity contribution in [2.75, 3.05) is 6.61 Å². The van der Waals surface area contributed by atoms with E-state index in [1.54, 1.807) is 6.20 Å². The van der Waals surface area contributed by atoms with E-state index >= 15 is 0 Å². The summed E-state index contributed by atoms with van der Waals surface area (Å²) >= 11 is 0. The van der Waals surface area contributed by atoms with Gasteiger partial charge in [-0.3, -0.25) is 20.4 Å². The van der Waals surface area contributed by atoms with Crippen LogP contribution in [0.25, 0.3) is 10.9 Å². The van der Waals surface area contributed by atoms with Gasteiger partial charge in [0.05, 0.1) is 5.56 Å². The highest BCUT2D eigenvalue weighted by Crippen LogP contribution is 2.20. The summed E-state index contributed by atoms with van der Waals surface area (Å²) in [6, 6.07) is 13.2. The molecule has 0 radical (unpaired) electrons. The standard InChI is InChI=1S/C20H21N3O3/c1-13-8-9-15(10-14(13)2)26-12-19(24)21-22-20(25)17-11-23(3)18-7-5-4-6-16(17)18/h4-11H,12H2,1-3H3,(H,21,24)(H,22,25). The number of hydrogen-bond donors (Lipinski definition) is 2. The van der Waals surface area contributed by atoms with E-state index < -0.39 is 5.91 Å². The van der Waals surface area contributed by atoms with Crippen LogP contribution >= 0.6 is 0 Å². The Hall–Kier alpha value is -3.28. The number of benzene rings is 2. The maximum absolute atomic E-state index is 12.4. The molecule has 3 rings (SSSR count). The van der Waals surface area contributed by atoms with E-state index in [0.29, 0.717) is 11.3 Å². The maximum atomic E-state index is 12.4. The van der Waals surface area contributed by atoms with E-state index in [9.17, 15) is 9.59 Å². The summed E-state index contributed by atoms with van der Waals surface area (Å²) in [6.07, 6.45) is 1.73. The van der Waals surface area contributed by atoms with Gasteiger partial charge in [-0.2, -0.15) is 0 Å². The van der Waals surface area contributed by atoms with Crippen LogP contribution in [0, 0.1) is 13.8 Å². The first-order valence-corrected chi connectivity index (χ1v) is 8.29. The van der Waals surface area contributed by atoms with Gasteiger partial charge in [0.15, 0.2) is 6.61 Å². The molecule has 0 unspecified atom stereocenters. The van der Waals surface area contributed by atoms with Gasteiger partial charge in [0, 0.05) is 24.1 Å². The van der Waals surface area contributed by atoms with Crippen molar-refractivity contribution in [1.82, 2.24) is 15.4 Å². The van der Waals surface area contributed by atoms with Gasteiger partial charge < -0.3 is 9.30 Å². The van der Waals surface area contributed by atoms with Crippen molar-refractivity contribution in [2.45, 2.75) is 13.8 Å². The highest BCUT2D eigenvalue weighted by atomic mass is 16.5. The fourth-order valence-electron chi connectivity index (χ4n) is 2.71. The number of para-hydroxylation sites is 1. The normalized spacial score (nSPS) is 10.6. The van der Waals surface area contributed by atoms with Gasteiger partial charge in [-0.15, -0.1) is 0 Å². The van der Waals surface area contributed by atoms with E-state index in [1.165, 1.54) is 0 Å². The molecule has 6 heteroatoms. The summed E-state index contributed by atoms with van der Waals surface area (Å²) in [5.74, 6) is -0.193. The third-order valence-corrected chi connectivity index (χ3v) is 4.31. The van der Waals surface area contributed by atoms with Gasteiger partial charge in [0.2, 0.25) is 0 Å². The molecule has 26 heavy (non-hydrogen) atoms. The quantitative estimate of drug-likeness (QED) is 0.710. The van der Waals surface area contributed by atoms with Crippen molar-refractivity contribution in [2.24, 2.45) is 7.05 Å². The number of amides is 2. The van der Waals surface area contributed by atoms with E-state index in [2.05, 4.69) is 10.9 Å². The number of hydrazine groups is 1. The molecular weight excluding hydrogens is 330 g/mol. The van der Waals surface area contributed by atoms with E-state index in [0.717, 1.165) is 22.0 Å². The van der Waals surface area contributed by atoms with Gasteiger partial charge in [0.25, 0.3) is 11.8 Å². The number of carbonyl (C=O) groups excluding carboxylic acids is 2. The lowest BCUT2D eigenvalue weighted by Crippen LogP contribution is -2.43. The van der Waals surface area contributed by atoms with E-state index in [-0.39, 0.29) is 12.5 Å². The summed E-state index contributed by atoms with van der Waals surface area (Å²) in [5, 5.41) is 0.827. The maximum Gasteiger partial charge on any atom is 0.276 e. The predicted molar refractivity (Wildman–Crippen MR) is 99.9 cm³/mol. The molecule has 2 amide bonds. The Kier molecular flexibility index (Phi) is 4.93. The van der Waals surface area contributed by atoms with Gasteiger partial charge in [-0.1, -0.05) is 24.3 Å². The first-order chi connectivity index (χ1) is 12.5. The molecule has 0 bridgehead atoms. The molecule has 3 aromatic rings. The fraction of sp³-hybridized carbons (Fsp3) is 0.200. The SMILES string of the molecule is Cc1ccc(OCC(=O)NNC(=O)c2cn(C)c3ccccc23)cc1C. The second-order valence-electron chi connectivity index (χ2n) is 6.21. The Morgan fingerprint density at radius 3 is 2.58 bits per heavy atom. The lowest BCUT2D eigenvalue weighted by Gasteiger charge is -2.09. The number of carbonyl (C=O) groups is 2. The lowest BCUT2D eigenvalue weighted by atomic mass is 10.1. The Morgan fingerprint density at radius 2 is 1.81 bits per heavy atom. The summed E-state index contributed by atoms with van der Waals surface area (Å²) in [5.41, 5.74) is 8.50. The number of ether oxygens (including phenoxy) is 1. The highest BCUT2D eigenvalue weighted by Gasteiger charge is 2.14. The van der Waals surface area contributed by atoms with Crippen molar-refractivity contribution in [3.63, 3.8) is 0 Å². The van der Waals surface area contributed by atoms with Crippen LogP contribution in [0.1, 0.15) is 21.5 Å². The molecule has 0 saturated heterocycles. The van der Waals surface area contributed by atoms with E-state index in [1.807, 2.05) is 67.9 Å². The number of nitrogens with zero attached hydrogens (tertiary/aromatic N) is 1. The summed E-state index contributed by atoms with van der Waals surface area (Å²) in [4.78, 5) is 24.3. The van der Waals surface area contributed by atoms with Crippen molar-refractivity contribution < 1.29 is 14.3 Å². The monoisotopic (exact) mass is 351 g/mol. The van der Waals surface area contributed by atoms with Crippen LogP contribution in [0.3, 0.4) is 0 Å². The van der Waals surface area contributed by atoms with Crippen LogP contribution in [-0.4, -0.2) is 23.0 Å². The Balaban J connectivity index is 1.57. The average molecular weight is 351 g/mol. The van der Waals surface area contributed by atoms with Crippen molar-refractivity contribution in [1.29, 1.82) is 0 Å². The smallest absolute Gasteiger partial charge is 0.276 e. The minimum absolute atomic E-state index is 0.182. The zero-order valence-corrected chi connectivity index (χ0v) is 15.0. The molecule has 2 N–H and O–H groups in total. The topological polar surface area (TPSA) is 72.4 Å². The van der Waals surface area contributed by atoms with E-state index in [4.69, 9.17) is 4.74 Å². The second kappa shape index (κ2) is 7.31. The molecular formula is C20H21N3O3. The number of rotatable bonds is 4. The average Bonchev–Trinajstić information content (AvgIpc) is 2.98. The van der Waals surface area contributed by atoms with Crippen molar-refractivity contribution >= 4 is 22.7 Å². The number of aromatic nitrogens is 1. The van der Waals surface area contributed by atoms with Crippen LogP contribution in [-0.2, 0) is 11.8 Å². The van der Waals surface area contributed by atoms with Crippen LogP contribution in [0.4, 0.5) is 0 Å². The minimum atomic E-state index is -0.434. The van der Waals surface area contributed by atoms with Gasteiger partial charge in [-0.05, 0) is 43.2 Å². The number of fused-ring (bicyclic) bond motifs is 1. The zero-order valence-electron chi connectivity index (χ0n) is 15.0. The Morgan fingerprint density at radius 1 is 1.04 bits per heavy atom. The molecule has 1 aromatic heterocycles. The molecule has 1 heterocycles. The first-order valence-electron chi connectivity index (χ1n) is 8.29. The number of nitrogens with one attached hydrogen (secondary N) is 2. The van der Waals surface area contributed by atoms with Crippen LogP contribution in [0.2, 0.25) is 0 Å². The van der Waals surface area contributed by atoms with Crippen LogP contribution in [0.5, 0.6) is 5.75 Å². The first kappa shape index (κ1) is 17.5. The minimum Gasteiger partial charge on any atom is -0.484 e. The third kappa shape index (κ3) is 3.69. The summed E-state index contributed by atoms with van der Waals surface area (Å²) in [6.45, 7) is 3.81. The van der Waals surface area contributed by atoms with Crippen molar-refractivity contribution in [3.05, 3.63) is 65.4 Å². The fourth-order valence-corrected chi connectivity index (χ4v) is 2.71. The molecule has 0 aliphatic rings. The molecule has 6 nitrogen and oxygen atoms in total. The molecule has 0 atom stereocenters. The largest absolute Gasteiger partial charge is 0.484 e. The van der Waals surface area contributed by atoms with Gasteiger partial charge in [0.1, 0.15) is 5.75 Å². The van der Waals surface area contributed by atoms with Gasteiger partial charge in [-0.25, -0.2) is 0 Å². The molecule has 0 aliphatic heterocycles. The number of hydrogen-bond acceptors (Lipinski definition) is 3. The zero-order chi connectivity index (χ0) is 18.7. The van der Waals surface area contributed by atoms with Gasteiger partial charge >= 0.3 is 0 Å². The van der Waals surface area contributed by atoms with Crippen LogP contribution in [0.15, 0.2) is 48.7 Å². The predicted octanol–water partition coefficient (Wildman–Crippen LogP) is 2.64. The third-order valence-electron chi connectivity index (χ3n) is 4.31. The lowest BCUT2D eigenvalue weighted by molar-refractivity contribution is -0.123. The molecule has 0 saturated carbocycles. The van der Waals surface area contributed by atoms with Crippen LogP contribution < -0.4 is 15.6 Å². The van der Waals surface area contributed by atoms with Crippen molar-refractivity contribution in [3.8, 4) is 5.75 Å². The molecule has 0 fully saturated rings. The Labute approximate surface area is 151 Å². The Bertz CT molecular complexity index is 976. The second-order valence-corrected chi connectivity index (χ2v) is 6.21. The molecule has 0 aliphatic carbocycles. The molecule has 0 spiro atoms. The number of aryl methyl sites for hydroxylation is 3.